The van der Waals surface area contributed by atoms with Crippen molar-refractivity contribution in [3.05, 3.63) is 12.7 Å². The summed E-state index contributed by atoms with van der Waals surface area (Å²) in [4.78, 5) is 21.4. The molecule has 0 aromatic heterocycles. The van der Waals surface area contributed by atoms with Gasteiger partial charge in [0.15, 0.2) is 0 Å². The van der Waals surface area contributed by atoms with Gasteiger partial charge in [-0.3, -0.25) is 9.59 Å². The number of esters is 1. The summed E-state index contributed by atoms with van der Waals surface area (Å²) in [5.74, 6) is -1.15. The highest BCUT2D eigenvalue weighted by molar-refractivity contribution is 5.70. The molecule has 0 spiro atoms. The van der Waals surface area contributed by atoms with Crippen molar-refractivity contribution in [2.45, 2.75) is 45.1 Å². The number of hydrogen-bond donors (Lipinski definition) is 1. The quantitative estimate of drug-likeness (QED) is 0.400. The van der Waals surface area contributed by atoms with Gasteiger partial charge in [-0.05, 0) is 32.8 Å². The molecule has 0 aromatic rings. The van der Waals surface area contributed by atoms with Crippen LogP contribution < -0.4 is 0 Å². The molecular formula is C11H18O4. The van der Waals surface area contributed by atoms with E-state index in [0.717, 1.165) is 0 Å². The molecule has 0 unspecified atom stereocenters. The van der Waals surface area contributed by atoms with Crippen LogP contribution in [-0.4, -0.2) is 22.6 Å². The smallest absolute Gasteiger partial charge is 0.306 e. The zero-order valence-corrected chi connectivity index (χ0v) is 9.28. The lowest BCUT2D eigenvalue weighted by Gasteiger charge is -2.20. The van der Waals surface area contributed by atoms with E-state index in [1.807, 2.05) is 0 Å². The number of carboxylic acids is 1. The van der Waals surface area contributed by atoms with Crippen LogP contribution in [0.3, 0.4) is 0 Å². The Kier molecular flexibility index (Phi) is 5.67. The summed E-state index contributed by atoms with van der Waals surface area (Å²) in [6.07, 6.45) is 2.95. The third-order valence-electron chi connectivity index (χ3n) is 1.89. The van der Waals surface area contributed by atoms with Gasteiger partial charge in [-0.15, -0.1) is 0 Å². The van der Waals surface area contributed by atoms with Crippen LogP contribution in [0.1, 0.15) is 39.5 Å². The van der Waals surface area contributed by atoms with Crippen molar-refractivity contribution < 1.29 is 19.4 Å². The first-order chi connectivity index (χ1) is 6.87. The molecule has 4 heteroatoms. The van der Waals surface area contributed by atoms with Gasteiger partial charge in [-0.25, -0.2) is 0 Å². The Bertz CT molecular complexity index is 243. The SMILES string of the molecule is C=CC(C)(C)OC(=O)CCCCC(=O)O. The zero-order chi connectivity index (χ0) is 11.9. The molecule has 0 aliphatic rings. The first-order valence-electron chi connectivity index (χ1n) is 4.94. The van der Waals surface area contributed by atoms with Gasteiger partial charge < -0.3 is 9.84 Å². The maximum atomic E-state index is 11.2. The van der Waals surface area contributed by atoms with Crippen molar-refractivity contribution in [1.29, 1.82) is 0 Å². The molecule has 0 saturated carbocycles. The molecule has 0 bridgehead atoms. The molecule has 4 nitrogen and oxygen atoms in total. The van der Waals surface area contributed by atoms with Gasteiger partial charge >= 0.3 is 11.9 Å². The number of carboxylic acid groups (broad SMARTS) is 1. The van der Waals surface area contributed by atoms with Gasteiger partial charge in [0.25, 0.3) is 0 Å². The highest BCUT2D eigenvalue weighted by Crippen LogP contribution is 2.12. The van der Waals surface area contributed by atoms with Crippen molar-refractivity contribution in [3.8, 4) is 0 Å². The lowest BCUT2D eigenvalue weighted by atomic mass is 10.1. The topological polar surface area (TPSA) is 63.6 Å². The largest absolute Gasteiger partial charge is 0.481 e. The summed E-state index contributed by atoms with van der Waals surface area (Å²) in [5.41, 5.74) is -0.649. The summed E-state index contributed by atoms with van der Waals surface area (Å²) in [5, 5.41) is 8.37. The number of ether oxygens (including phenoxy) is 1. The average molecular weight is 214 g/mol. The second-order valence-corrected chi connectivity index (χ2v) is 3.88. The normalized spacial score (nSPS) is 10.8. The molecule has 86 valence electrons. The molecule has 0 aliphatic heterocycles. The first kappa shape index (κ1) is 13.7. The van der Waals surface area contributed by atoms with E-state index in [1.54, 1.807) is 19.9 Å². The van der Waals surface area contributed by atoms with Crippen molar-refractivity contribution in [2.75, 3.05) is 0 Å². The summed E-state index contributed by atoms with van der Waals surface area (Å²) >= 11 is 0. The summed E-state index contributed by atoms with van der Waals surface area (Å²) in [6.45, 7) is 7.04. The van der Waals surface area contributed by atoms with Crippen LogP contribution in [0.5, 0.6) is 0 Å². The van der Waals surface area contributed by atoms with Gasteiger partial charge in [-0.1, -0.05) is 6.58 Å². The number of hydrogen-bond acceptors (Lipinski definition) is 3. The number of carbonyl (C=O) groups is 2. The first-order valence-corrected chi connectivity index (χ1v) is 4.94. The molecular weight excluding hydrogens is 196 g/mol. The van der Waals surface area contributed by atoms with E-state index in [4.69, 9.17) is 9.84 Å². The van der Waals surface area contributed by atoms with Crippen LogP contribution in [0.4, 0.5) is 0 Å². The van der Waals surface area contributed by atoms with E-state index in [-0.39, 0.29) is 18.8 Å². The van der Waals surface area contributed by atoms with E-state index in [9.17, 15) is 9.59 Å². The van der Waals surface area contributed by atoms with Crippen LogP contribution in [0.2, 0.25) is 0 Å². The Labute approximate surface area is 89.9 Å². The Morgan fingerprint density at radius 3 is 2.33 bits per heavy atom. The van der Waals surface area contributed by atoms with E-state index in [0.29, 0.717) is 12.8 Å². The predicted molar refractivity (Wildman–Crippen MR) is 56.5 cm³/mol. The molecule has 0 atom stereocenters. The molecule has 0 fully saturated rings. The van der Waals surface area contributed by atoms with Crippen LogP contribution in [0.25, 0.3) is 0 Å². The maximum Gasteiger partial charge on any atom is 0.306 e. The van der Waals surface area contributed by atoms with Gasteiger partial charge in [0.05, 0.1) is 0 Å². The lowest BCUT2D eigenvalue weighted by molar-refractivity contribution is -0.152. The van der Waals surface area contributed by atoms with Crippen LogP contribution in [0.15, 0.2) is 12.7 Å². The molecule has 15 heavy (non-hydrogen) atoms. The molecule has 0 aliphatic carbocycles. The molecule has 0 aromatic carbocycles. The van der Waals surface area contributed by atoms with Crippen molar-refractivity contribution in [2.24, 2.45) is 0 Å². The van der Waals surface area contributed by atoms with E-state index in [2.05, 4.69) is 6.58 Å². The third-order valence-corrected chi connectivity index (χ3v) is 1.89. The minimum absolute atomic E-state index is 0.0954. The Morgan fingerprint density at radius 2 is 1.87 bits per heavy atom. The van der Waals surface area contributed by atoms with Crippen molar-refractivity contribution in [3.63, 3.8) is 0 Å². The maximum absolute atomic E-state index is 11.2. The summed E-state index contributed by atoms with van der Waals surface area (Å²) in [7, 11) is 0. The summed E-state index contributed by atoms with van der Waals surface area (Å²) < 4.78 is 5.09. The predicted octanol–water partition coefficient (Wildman–Crippen LogP) is 2.14. The van der Waals surface area contributed by atoms with Gasteiger partial charge in [0.1, 0.15) is 5.60 Å². The second-order valence-electron chi connectivity index (χ2n) is 3.88. The average Bonchev–Trinajstić information content (AvgIpc) is 2.11. The highest BCUT2D eigenvalue weighted by atomic mass is 16.6. The van der Waals surface area contributed by atoms with Crippen LogP contribution in [0, 0.1) is 0 Å². The molecule has 0 radical (unpaired) electrons. The molecule has 0 rings (SSSR count). The summed E-state index contributed by atoms with van der Waals surface area (Å²) in [6, 6.07) is 0. The molecule has 0 saturated heterocycles. The van der Waals surface area contributed by atoms with E-state index < -0.39 is 11.6 Å². The van der Waals surface area contributed by atoms with Gasteiger partial charge in [-0.2, -0.15) is 0 Å². The molecule has 1 N–H and O–H groups in total. The highest BCUT2D eigenvalue weighted by Gasteiger charge is 2.17. The monoisotopic (exact) mass is 214 g/mol. The van der Waals surface area contributed by atoms with Gasteiger partial charge in [0, 0.05) is 12.8 Å². The minimum atomic E-state index is -0.838. The van der Waals surface area contributed by atoms with Crippen LogP contribution in [-0.2, 0) is 14.3 Å². The standard InChI is InChI=1S/C11H18O4/c1-4-11(2,3)15-10(14)8-6-5-7-9(12)13/h4H,1,5-8H2,2-3H3,(H,12,13). The third kappa shape index (κ3) is 7.73. The Balaban J connectivity index is 3.67. The fourth-order valence-corrected chi connectivity index (χ4v) is 0.932. The Hall–Kier alpha value is -1.32. The molecule has 0 amide bonds. The molecule has 0 heterocycles. The fourth-order valence-electron chi connectivity index (χ4n) is 0.932. The number of unbranched alkanes of at least 4 members (excludes halogenated alkanes) is 1. The second kappa shape index (κ2) is 6.22. The number of carbonyl (C=O) groups excluding carboxylic acids is 1. The van der Waals surface area contributed by atoms with Crippen LogP contribution >= 0.6 is 0 Å². The Morgan fingerprint density at radius 1 is 1.33 bits per heavy atom. The van der Waals surface area contributed by atoms with Crippen molar-refractivity contribution >= 4 is 11.9 Å². The van der Waals surface area contributed by atoms with Gasteiger partial charge in [0.2, 0.25) is 0 Å². The number of rotatable bonds is 7. The van der Waals surface area contributed by atoms with E-state index in [1.165, 1.54) is 0 Å². The zero-order valence-electron chi connectivity index (χ0n) is 9.28. The van der Waals surface area contributed by atoms with E-state index >= 15 is 0 Å². The van der Waals surface area contributed by atoms with Crippen molar-refractivity contribution in [1.82, 2.24) is 0 Å². The lowest BCUT2D eigenvalue weighted by Crippen LogP contribution is -2.25. The fraction of sp³-hybridized carbons (Fsp3) is 0.636. The minimum Gasteiger partial charge on any atom is -0.481 e. The number of aliphatic carboxylic acids is 1.